The highest BCUT2D eigenvalue weighted by Crippen LogP contribution is 2.09. The van der Waals surface area contributed by atoms with Gasteiger partial charge in [-0.05, 0) is 19.3 Å². The standard InChI is InChI=1S/C10H21NO5S/c1-7(2)9(10(12)13)11-17(14,15)8(3)5-6-16-4/h7-9,11H,5-6H2,1-4H3,(H,12,13). The van der Waals surface area contributed by atoms with Crippen LogP contribution in [0.5, 0.6) is 0 Å². The largest absolute Gasteiger partial charge is 0.480 e. The van der Waals surface area contributed by atoms with Crippen LogP contribution in [0.4, 0.5) is 0 Å². The summed E-state index contributed by atoms with van der Waals surface area (Å²) in [5.74, 6) is -1.47. The van der Waals surface area contributed by atoms with Gasteiger partial charge in [0, 0.05) is 13.7 Å². The molecule has 102 valence electrons. The van der Waals surface area contributed by atoms with E-state index in [0.717, 1.165) is 0 Å². The summed E-state index contributed by atoms with van der Waals surface area (Å²) in [6.45, 7) is 5.16. The Labute approximate surface area is 102 Å². The van der Waals surface area contributed by atoms with Crippen LogP contribution < -0.4 is 4.72 Å². The van der Waals surface area contributed by atoms with Crippen LogP contribution in [0.3, 0.4) is 0 Å². The predicted octanol–water partition coefficient (Wildman–Crippen LogP) is 0.440. The van der Waals surface area contributed by atoms with Gasteiger partial charge in [0.25, 0.3) is 0 Å². The van der Waals surface area contributed by atoms with Crippen LogP contribution in [0.2, 0.25) is 0 Å². The molecular formula is C10H21NO5S. The third-order valence-electron chi connectivity index (χ3n) is 2.48. The smallest absolute Gasteiger partial charge is 0.321 e. The van der Waals surface area contributed by atoms with Gasteiger partial charge in [-0.25, -0.2) is 13.1 Å². The lowest BCUT2D eigenvalue weighted by molar-refractivity contribution is -0.140. The van der Waals surface area contributed by atoms with Crippen molar-refractivity contribution in [2.24, 2.45) is 5.92 Å². The quantitative estimate of drug-likeness (QED) is 0.665. The molecule has 0 aliphatic rings. The molecule has 0 fully saturated rings. The van der Waals surface area contributed by atoms with Gasteiger partial charge in [-0.2, -0.15) is 0 Å². The van der Waals surface area contributed by atoms with E-state index in [1.165, 1.54) is 14.0 Å². The molecule has 2 unspecified atom stereocenters. The van der Waals surface area contributed by atoms with E-state index in [2.05, 4.69) is 4.72 Å². The van der Waals surface area contributed by atoms with Crippen LogP contribution >= 0.6 is 0 Å². The Balaban J connectivity index is 4.66. The van der Waals surface area contributed by atoms with Crippen molar-refractivity contribution in [1.29, 1.82) is 0 Å². The zero-order valence-corrected chi connectivity index (χ0v) is 11.5. The maximum Gasteiger partial charge on any atom is 0.321 e. The van der Waals surface area contributed by atoms with Crippen molar-refractivity contribution >= 4 is 16.0 Å². The molecule has 0 bridgehead atoms. The van der Waals surface area contributed by atoms with Gasteiger partial charge in [-0.1, -0.05) is 13.8 Å². The lowest BCUT2D eigenvalue weighted by Gasteiger charge is -2.20. The van der Waals surface area contributed by atoms with E-state index in [1.54, 1.807) is 13.8 Å². The Morgan fingerprint density at radius 2 is 1.88 bits per heavy atom. The number of carboxylic acids is 1. The molecule has 0 saturated carbocycles. The number of sulfonamides is 1. The predicted molar refractivity (Wildman–Crippen MR) is 64.3 cm³/mol. The third-order valence-corrected chi connectivity index (χ3v) is 4.36. The minimum Gasteiger partial charge on any atom is -0.480 e. The average Bonchev–Trinajstić information content (AvgIpc) is 2.21. The topological polar surface area (TPSA) is 92.7 Å². The summed E-state index contributed by atoms with van der Waals surface area (Å²) >= 11 is 0. The van der Waals surface area contributed by atoms with Crippen molar-refractivity contribution in [3.05, 3.63) is 0 Å². The van der Waals surface area contributed by atoms with E-state index in [0.29, 0.717) is 13.0 Å². The number of carboxylic acid groups (broad SMARTS) is 1. The van der Waals surface area contributed by atoms with Crippen LogP contribution in [0, 0.1) is 5.92 Å². The Kier molecular flexibility index (Phi) is 6.66. The molecule has 17 heavy (non-hydrogen) atoms. The van der Waals surface area contributed by atoms with Crippen molar-refractivity contribution in [3.63, 3.8) is 0 Å². The van der Waals surface area contributed by atoms with Crippen LogP contribution in [0.25, 0.3) is 0 Å². The Morgan fingerprint density at radius 3 is 2.24 bits per heavy atom. The molecule has 2 atom stereocenters. The minimum atomic E-state index is -3.63. The van der Waals surface area contributed by atoms with Crippen LogP contribution in [0.15, 0.2) is 0 Å². The second-order valence-electron chi connectivity index (χ2n) is 4.31. The van der Waals surface area contributed by atoms with E-state index >= 15 is 0 Å². The number of ether oxygens (including phenoxy) is 1. The number of methoxy groups -OCH3 is 1. The normalized spacial score (nSPS) is 15.8. The van der Waals surface area contributed by atoms with E-state index in [4.69, 9.17) is 9.84 Å². The summed E-state index contributed by atoms with van der Waals surface area (Å²) in [6, 6.07) is -1.09. The maximum absolute atomic E-state index is 11.8. The zero-order chi connectivity index (χ0) is 13.6. The molecule has 0 radical (unpaired) electrons. The molecule has 0 aromatic rings. The number of hydrogen-bond acceptors (Lipinski definition) is 4. The fourth-order valence-electron chi connectivity index (χ4n) is 1.20. The maximum atomic E-state index is 11.8. The van der Waals surface area contributed by atoms with Crippen molar-refractivity contribution in [1.82, 2.24) is 4.72 Å². The molecular weight excluding hydrogens is 246 g/mol. The molecule has 0 spiro atoms. The second-order valence-corrected chi connectivity index (χ2v) is 6.45. The van der Waals surface area contributed by atoms with Gasteiger partial charge in [-0.15, -0.1) is 0 Å². The van der Waals surface area contributed by atoms with Gasteiger partial charge in [0.15, 0.2) is 0 Å². The number of hydrogen-bond donors (Lipinski definition) is 2. The first kappa shape index (κ1) is 16.3. The molecule has 7 heteroatoms. The molecule has 0 heterocycles. The van der Waals surface area contributed by atoms with Crippen LogP contribution in [-0.2, 0) is 19.6 Å². The third kappa shape index (κ3) is 5.47. The molecule has 2 N–H and O–H groups in total. The number of carbonyl (C=O) groups is 1. The average molecular weight is 267 g/mol. The highest BCUT2D eigenvalue weighted by Gasteiger charge is 2.30. The molecule has 0 saturated heterocycles. The van der Waals surface area contributed by atoms with E-state index < -0.39 is 27.3 Å². The fourth-order valence-corrected chi connectivity index (χ4v) is 2.57. The second kappa shape index (κ2) is 6.93. The summed E-state index contributed by atoms with van der Waals surface area (Å²) in [4.78, 5) is 10.9. The van der Waals surface area contributed by atoms with E-state index in [-0.39, 0.29) is 5.92 Å². The monoisotopic (exact) mass is 267 g/mol. The molecule has 0 aromatic heterocycles. The Bertz CT molecular complexity index is 339. The van der Waals surface area contributed by atoms with Crippen molar-refractivity contribution in [3.8, 4) is 0 Å². The van der Waals surface area contributed by atoms with Crippen molar-refractivity contribution in [2.75, 3.05) is 13.7 Å². The summed E-state index contributed by atoms with van der Waals surface area (Å²) in [5.41, 5.74) is 0. The SMILES string of the molecule is COCCC(C)S(=O)(=O)NC(C(=O)O)C(C)C. The first-order valence-corrected chi connectivity index (χ1v) is 7.00. The Hall–Kier alpha value is -0.660. The van der Waals surface area contributed by atoms with Crippen molar-refractivity contribution in [2.45, 2.75) is 38.5 Å². The summed E-state index contributed by atoms with van der Waals surface area (Å²) in [5, 5.41) is 8.24. The number of nitrogens with one attached hydrogen (secondary N) is 1. The van der Waals surface area contributed by atoms with Gasteiger partial charge in [0.1, 0.15) is 6.04 Å². The number of aliphatic carboxylic acids is 1. The van der Waals surface area contributed by atoms with E-state index in [9.17, 15) is 13.2 Å². The van der Waals surface area contributed by atoms with Gasteiger partial charge >= 0.3 is 5.97 Å². The molecule has 0 aliphatic heterocycles. The van der Waals surface area contributed by atoms with Crippen molar-refractivity contribution < 1.29 is 23.1 Å². The van der Waals surface area contributed by atoms with Crippen LogP contribution in [-0.4, -0.2) is 44.5 Å². The fraction of sp³-hybridized carbons (Fsp3) is 0.900. The molecule has 0 aliphatic carbocycles. The summed E-state index contributed by atoms with van der Waals surface area (Å²) in [7, 11) is -2.15. The molecule has 0 aromatic carbocycles. The molecule has 6 nitrogen and oxygen atoms in total. The highest BCUT2D eigenvalue weighted by atomic mass is 32.2. The molecule has 0 rings (SSSR count). The first-order valence-electron chi connectivity index (χ1n) is 5.45. The van der Waals surface area contributed by atoms with Gasteiger partial charge in [-0.3, -0.25) is 4.79 Å². The summed E-state index contributed by atoms with van der Waals surface area (Å²) in [6.07, 6.45) is 0.330. The number of rotatable bonds is 8. The summed E-state index contributed by atoms with van der Waals surface area (Å²) < 4.78 is 30.7. The lowest BCUT2D eigenvalue weighted by Crippen LogP contribution is -2.47. The zero-order valence-electron chi connectivity index (χ0n) is 10.6. The van der Waals surface area contributed by atoms with Gasteiger partial charge in [0.2, 0.25) is 10.0 Å². The van der Waals surface area contributed by atoms with Gasteiger partial charge in [0.05, 0.1) is 5.25 Å². The molecule has 0 amide bonds. The Morgan fingerprint density at radius 1 is 1.35 bits per heavy atom. The van der Waals surface area contributed by atoms with Crippen LogP contribution in [0.1, 0.15) is 27.2 Å². The lowest BCUT2D eigenvalue weighted by atomic mass is 10.1. The first-order chi connectivity index (χ1) is 7.72. The van der Waals surface area contributed by atoms with E-state index in [1.807, 2.05) is 0 Å². The highest BCUT2D eigenvalue weighted by molar-refractivity contribution is 7.90. The van der Waals surface area contributed by atoms with Gasteiger partial charge < -0.3 is 9.84 Å². The minimum absolute atomic E-state index is 0.308.